The number of nitrogens with zero attached hydrogens (tertiary/aromatic N) is 3. The van der Waals surface area contributed by atoms with Crippen LogP contribution in [0.2, 0.25) is 0 Å². The van der Waals surface area contributed by atoms with E-state index in [2.05, 4.69) is 0 Å². The molecule has 7 nitrogen and oxygen atoms in total. The predicted octanol–water partition coefficient (Wildman–Crippen LogP) is 1.92. The van der Waals surface area contributed by atoms with Gasteiger partial charge >= 0.3 is 0 Å². The van der Waals surface area contributed by atoms with Crippen molar-refractivity contribution in [3.05, 3.63) is 59.9 Å². The van der Waals surface area contributed by atoms with Crippen LogP contribution in [-0.2, 0) is 9.59 Å². The lowest BCUT2D eigenvalue weighted by Gasteiger charge is -2.37. The van der Waals surface area contributed by atoms with Crippen LogP contribution in [0.5, 0.6) is 5.75 Å². The van der Waals surface area contributed by atoms with Gasteiger partial charge in [0, 0.05) is 26.2 Å². The van der Waals surface area contributed by atoms with Crippen molar-refractivity contribution in [1.29, 1.82) is 0 Å². The van der Waals surface area contributed by atoms with Gasteiger partial charge in [0.2, 0.25) is 5.91 Å². The van der Waals surface area contributed by atoms with E-state index in [1.807, 2.05) is 4.90 Å². The number of hydrogen-bond acceptors (Lipinski definition) is 5. The number of rotatable bonds is 4. The molecule has 0 spiro atoms. The largest absolute Gasteiger partial charge is 0.497 e. The quantitative estimate of drug-likeness (QED) is 0.719. The normalized spacial score (nSPS) is 20.0. The van der Waals surface area contributed by atoms with E-state index in [1.54, 1.807) is 48.4 Å². The maximum atomic E-state index is 13.9. The minimum atomic E-state index is -0.551. The zero-order chi connectivity index (χ0) is 21.3. The predicted molar refractivity (Wildman–Crippen MR) is 108 cm³/mol. The number of ether oxygens (including phenoxy) is 1. The highest BCUT2D eigenvalue weighted by atomic mass is 19.1. The average Bonchev–Trinajstić information content (AvgIpc) is 3.07. The molecule has 30 heavy (non-hydrogen) atoms. The van der Waals surface area contributed by atoms with Gasteiger partial charge in [-0.25, -0.2) is 9.29 Å². The number of amides is 3. The van der Waals surface area contributed by atoms with Gasteiger partial charge < -0.3 is 9.64 Å². The van der Waals surface area contributed by atoms with Crippen LogP contribution in [0.15, 0.2) is 48.5 Å². The first-order chi connectivity index (χ1) is 14.5. The highest BCUT2D eigenvalue weighted by Crippen LogP contribution is 2.28. The van der Waals surface area contributed by atoms with Crippen LogP contribution in [0.4, 0.5) is 10.1 Å². The van der Waals surface area contributed by atoms with Gasteiger partial charge in [0.05, 0.1) is 30.8 Å². The number of benzene rings is 2. The molecule has 0 aromatic heterocycles. The second kappa shape index (κ2) is 8.23. The first-order valence-electron chi connectivity index (χ1n) is 9.78. The molecule has 0 bridgehead atoms. The first-order valence-corrected chi connectivity index (χ1v) is 9.78. The van der Waals surface area contributed by atoms with Crippen molar-refractivity contribution in [3.8, 4) is 5.75 Å². The standard InChI is InChI=1S/C22H22FN3O4/c1-30-16-8-6-15(7-9-16)26-20(27)14-19(22(26)29)24-10-12-25(13-11-24)21(28)17-4-2-3-5-18(17)23/h2-9,19H,10-14H2,1H3/t19-/m0/s1. The molecule has 2 heterocycles. The topological polar surface area (TPSA) is 70.2 Å². The highest BCUT2D eigenvalue weighted by Gasteiger charge is 2.43. The maximum Gasteiger partial charge on any atom is 0.256 e. The summed E-state index contributed by atoms with van der Waals surface area (Å²) in [6, 6.07) is 12.1. The molecule has 2 aromatic carbocycles. The number of carbonyl (C=O) groups is 3. The van der Waals surface area contributed by atoms with Crippen molar-refractivity contribution in [2.75, 3.05) is 38.2 Å². The van der Waals surface area contributed by atoms with Crippen molar-refractivity contribution >= 4 is 23.4 Å². The van der Waals surface area contributed by atoms with E-state index in [1.165, 1.54) is 17.0 Å². The molecule has 2 aromatic rings. The highest BCUT2D eigenvalue weighted by molar-refractivity contribution is 6.22. The zero-order valence-electron chi connectivity index (χ0n) is 16.6. The van der Waals surface area contributed by atoms with Crippen LogP contribution < -0.4 is 9.64 Å². The minimum absolute atomic E-state index is 0.0451. The van der Waals surface area contributed by atoms with Gasteiger partial charge in [-0.15, -0.1) is 0 Å². The molecule has 0 N–H and O–H groups in total. The minimum Gasteiger partial charge on any atom is -0.497 e. The van der Waals surface area contributed by atoms with Crippen LogP contribution >= 0.6 is 0 Å². The average molecular weight is 411 g/mol. The third-order valence-corrected chi connectivity index (χ3v) is 5.60. The molecule has 2 saturated heterocycles. The number of imide groups is 1. The van der Waals surface area contributed by atoms with E-state index in [9.17, 15) is 18.8 Å². The fourth-order valence-corrected chi connectivity index (χ4v) is 3.95. The van der Waals surface area contributed by atoms with Crippen molar-refractivity contribution in [2.24, 2.45) is 0 Å². The SMILES string of the molecule is COc1ccc(N2C(=O)C[C@H](N3CCN(C(=O)c4ccccc4F)CC3)C2=O)cc1. The van der Waals surface area contributed by atoms with E-state index in [0.29, 0.717) is 37.6 Å². The molecule has 2 aliphatic heterocycles. The molecule has 0 unspecified atom stereocenters. The zero-order valence-corrected chi connectivity index (χ0v) is 16.6. The molecule has 0 radical (unpaired) electrons. The van der Waals surface area contributed by atoms with E-state index in [4.69, 9.17) is 4.74 Å². The van der Waals surface area contributed by atoms with Gasteiger partial charge in [0.1, 0.15) is 11.6 Å². The van der Waals surface area contributed by atoms with Gasteiger partial charge in [-0.1, -0.05) is 12.1 Å². The Kier molecular flexibility index (Phi) is 5.50. The number of hydrogen-bond donors (Lipinski definition) is 0. The van der Waals surface area contributed by atoms with Crippen molar-refractivity contribution < 1.29 is 23.5 Å². The van der Waals surface area contributed by atoms with Crippen molar-refractivity contribution in [3.63, 3.8) is 0 Å². The first kappa shape index (κ1) is 20.0. The van der Waals surface area contributed by atoms with Crippen LogP contribution in [-0.4, -0.2) is 66.9 Å². The fraction of sp³-hybridized carbons (Fsp3) is 0.318. The molecule has 0 saturated carbocycles. The van der Waals surface area contributed by atoms with Crippen molar-refractivity contribution in [1.82, 2.24) is 9.80 Å². The Balaban J connectivity index is 1.41. The Hall–Kier alpha value is -3.26. The summed E-state index contributed by atoms with van der Waals surface area (Å²) in [7, 11) is 1.55. The molecule has 4 rings (SSSR count). The summed E-state index contributed by atoms with van der Waals surface area (Å²) < 4.78 is 19.0. The molecule has 1 atom stereocenters. The van der Waals surface area contributed by atoms with Crippen LogP contribution in [0.25, 0.3) is 0 Å². The van der Waals surface area contributed by atoms with Crippen LogP contribution in [0.1, 0.15) is 16.8 Å². The molecule has 156 valence electrons. The smallest absolute Gasteiger partial charge is 0.256 e. The summed E-state index contributed by atoms with van der Waals surface area (Å²) in [6.45, 7) is 1.63. The Labute approximate surface area is 173 Å². The Morgan fingerprint density at radius 1 is 1.00 bits per heavy atom. The second-order valence-electron chi connectivity index (χ2n) is 7.29. The Bertz CT molecular complexity index is 971. The molecule has 2 fully saturated rings. The van der Waals surface area contributed by atoms with E-state index >= 15 is 0 Å². The lowest BCUT2D eigenvalue weighted by Crippen LogP contribution is -2.54. The van der Waals surface area contributed by atoms with Crippen LogP contribution in [0, 0.1) is 5.82 Å². The van der Waals surface area contributed by atoms with Gasteiger partial charge in [-0.3, -0.25) is 19.3 Å². The van der Waals surface area contributed by atoms with E-state index in [-0.39, 0.29) is 29.7 Å². The lowest BCUT2D eigenvalue weighted by molar-refractivity contribution is -0.123. The number of carbonyl (C=O) groups excluding carboxylic acids is 3. The van der Waals surface area contributed by atoms with E-state index in [0.717, 1.165) is 0 Å². The molecule has 8 heteroatoms. The summed E-state index contributed by atoms with van der Waals surface area (Å²) in [4.78, 5) is 42.8. The van der Waals surface area contributed by atoms with Gasteiger partial charge in [-0.2, -0.15) is 0 Å². The molecule has 2 aliphatic rings. The van der Waals surface area contributed by atoms with Gasteiger partial charge in [-0.05, 0) is 36.4 Å². The molecular formula is C22H22FN3O4. The third kappa shape index (κ3) is 3.66. The summed E-state index contributed by atoms with van der Waals surface area (Å²) in [5, 5.41) is 0. The van der Waals surface area contributed by atoms with Crippen molar-refractivity contribution in [2.45, 2.75) is 12.5 Å². The maximum absolute atomic E-state index is 13.9. The monoisotopic (exact) mass is 411 g/mol. The summed E-state index contributed by atoms with van der Waals surface area (Å²) in [6.07, 6.45) is 0.103. The summed E-state index contributed by atoms with van der Waals surface area (Å²) in [5.41, 5.74) is 0.561. The van der Waals surface area contributed by atoms with Gasteiger partial charge in [0.15, 0.2) is 0 Å². The number of anilines is 1. The molecule has 0 aliphatic carbocycles. The van der Waals surface area contributed by atoms with Crippen LogP contribution in [0.3, 0.4) is 0 Å². The van der Waals surface area contributed by atoms with E-state index < -0.39 is 11.9 Å². The summed E-state index contributed by atoms with van der Waals surface area (Å²) in [5.74, 6) is -0.776. The number of halogens is 1. The lowest BCUT2D eigenvalue weighted by atomic mass is 10.1. The Morgan fingerprint density at radius 3 is 2.30 bits per heavy atom. The molecular weight excluding hydrogens is 389 g/mol. The Morgan fingerprint density at radius 2 is 1.67 bits per heavy atom. The van der Waals surface area contributed by atoms with Gasteiger partial charge in [0.25, 0.3) is 11.8 Å². The molecule has 3 amide bonds. The summed E-state index contributed by atoms with van der Waals surface area (Å²) >= 11 is 0. The number of methoxy groups -OCH3 is 1. The third-order valence-electron chi connectivity index (χ3n) is 5.60. The second-order valence-corrected chi connectivity index (χ2v) is 7.29. The number of piperazine rings is 1. The fourth-order valence-electron chi connectivity index (χ4n) is 3.95.